The fourth-order valence-corrected chi connectivity index (χ4v) is 1.24. The van der Waals surface area contributed by atoms with Crippen molar-refractivity contribution in [3.8, 4) is 0 Å². The van der Waals surface area contributed by atoms with Gasteiger partial charge in [0.1, 0.15) is 5.82 Å². The average Bonchev–Trinajstić information content (AvgIpc) is 2.49. The van der Waals surface area contributed by atoms with E-state index in [0.717, 1.165) is 4.90 Å². The van der Waals surface area contributed by atoms with Gasteiger partial charge in [0.2, 0.25) is 0 Å². The Morgan fingerprint density at radius 1 is 0.929 bits per heavy atom. The summed E-state index contributed by atoms with van der Waals surface area (Å²) in [5.74, 6) is -1.20. The summed E-state index contributed by atoms with van der Waals surface area (Å²) >= 11 is 0. The first kappa shape index (κ1) is 8.62. The summed E-state index contributed by atoms with van der Waals surface area (Å²) < 4.78 is 12.6. The number of benzene rings is 1. The SMILES string of the molecule is O=C1C=CC(=O)N1c1ccc([18F])cc1. The largest absolute Gasteiger partial charge is 0.269 e. The summed E-state index contributed by atoms with van der Waals surface area (Å²) in [7, 11) is 0. The first-order valence-corrected chi connectivity index (χ1v) is 4.00. The lowest BCUT2D eigenvalue weighted by molar-refractivity contribution is -0.119. The lowest BCUT2D eigenvalue weighted by atomic mass is 10.3. The van der Waals surface area contributed by atoms with Crippen molar-refractivity contribution in [3.63, 3.8) is 0 Å². The van der Waals surface area contributed by atoms with E-state index in [-0.39, 0.29) is 0 Å². The lowest BCUT2D eigenvalue weighted by Crippen LogP contribution is -2.29. The van der Waals surface area contributed by atoms with E-state index in [1.165, 1.54) is 36.4 Å². The molecule has 2 rings (SSSR count). The van der Waals surface area contributed by atoms with E-state index in [1.807, 2.05) is 0 Å². The number of hydrogen-bond donors (Lipinski definition) is 0. The molecule has 14 heavy (non-hydrogen) atoms. The zero-order valence-electron chi connectivity index (χ0n) is 7.11. The smallest absolute Gasteiger partial charge is 0.258 e. The third kappa shape index (κ3) is 1.31. The van der Waals surface area contributed by atoms with Gasteiger partial charge in [-0.05, 0) is 24.3 Å². The normalized spacial score (nSPS) is 15.4. The summed E-state index contributed by atoms with van der Waals surface area (Å²) in [4.78, 5) is 23.4. The van der Waals surface area contributed by atoms with Gasteiger partial charge in [0.25, 0.3) is 11.8 Å². The molecule has 0 saturated carbocycles. The fourth-order valence-electron chi connectivity index (χ4n) is 1.24. The van der Waals surface area contributed by atoms with Gasteiger partial charge in [0, 0.05) is 12.2 Å². The van der Waals surface area contributed by atoms with Gasteiger partial charge >= 0.3 is 0 Å². The Kier molecular flexibility index (Phi) is 1.89. The van der Waals surface area contributed by atoms with Gasteiger partial charge in [0.05, 0.1) is 5.69 Å². The summed E-state index contributed by atoms with van der Waals surface area (Å²) in [6.07, 6.45) is 2.37. The van der Waals surface area contributed by atoms with E-state index in [4.69, 9.17) is 0 Å². The molecule has 0 fully saturated rings. The summed E-state index contributed by atoms with van der Waals surface area (Å²) in [5.41, 5.74) is 0.381. The molecule has 4 heteroatoms. The predicted molar refractivity (Wildman–Crippen MR) is 48.0 cm³/mol. The molecule has 0 spiro atoms. The molecule has 0 bridgehead atoms. The molecule has 0 aromatic heterocycles. The number of amides is 2. The molecule has 2 amide bonds. The Morgan fingerprint density at radius 2 is 1.43 bits per heavy atom. The summed E-state index contributed by atoms with van der Waals surface area (Å²) in [5, 5.41) is 0. The van der Waals surface area contributed by atoms with E-state index in [0.29, 0.717) is 5.69 Å². The number of hydrogen-bond acceptors (Lipinski definition) is 2. The van der Waals surface area contributed by atoms with Crippen LogP contribution in [0.15, 0.2) is 36.4 Å². The first-order valence-electron chi connectivity index (χ1n) is 4.00. The van der Waals surface area contributed by atoms with Crippen molar-refractivity contribution in [1.29, 1.82) is 0 Å². The molecule has 0 saturated heterocycles. The van der Waals surface area contributed by atoms with Crippen LogP contribution in [0.4, 0.5) is 10.1 Å². The summed E-state index contributed by atoms with van der Waals surface area (Å²) in [6, 6.07) is 5.18. The van der Waals surface area contributed by atoms with Crippen molar-refractivity contribution in [3.05, 3.63) is 42.2 Å². The number of imide groups is 1. The van der Waals surface area contributed by atoms with Crippen LogP contribution in [0, 0.1) is 5.82 Å². The van der Waals surface area contributed by atoms with Crippen LogP contribution in [0.2, 0.25) is 0 Å². The Balaban J connectivity index is 2.36. The molecule has 0 N–H and O–H groups in total. The zero-order valence-corrected chi connectivity index (χ0v) is 7.11. The highest BCUT2D eigenvalue weighted by molar-refractivity contribution is 6.28. The third-order valence-corrected chi connectivity index (χ3v) is 1.89. The van der Waals surface area contributed by atoms with Crippen LogP contribution in [0.1, 0.15) is 0 Å². The molecule has 1 aromatic carbocycles. The van der Waals surface area contributed by atoms with E-state index in [2.05, 4.69) is 0 Å². The molecule has 0 radical (unpaired) electrons. The van der Waals surface area contributed by atoms with Crippen LogP contribution in [-0.4, -0.2) is 11.8 Å². The highest BCUT2D eigenvalue weighted by Crippen LogP contribution is 2.18. The molecule has 0 atom stereocenters. The third-order valence-electron chi connectivity index (χ3n) is 1.89. The van der Waals surface area contributed by atoms with Gasteiger partial charge in [-0.2, -0.15) is 0 Å². The maximum Gasteiger partial charge on any atom is 0.258 e. The first-order chi connectivity index (χ1) is 6.68. The van der Waals surface area contributed by atoms with E-state index < -0.39 is 17.6 Å². The number of carbonyl (C=O) groups excluding carboxylic acids is 2. The Bertz CT molecular complexity index is 404. The maximum atomic E-state index is 12.6. The molecular formula is C10H6FNO2. The van der Waals surface area contributed by atoms with Crippen LogP contribution in [0.3, 0.4) is 0 Å². The molecular weight excluding hydrogens is 184 g/mol. The molecule has 0 unspecified atom stereocenters. The van der Waals surface area contributed by atoms with E-state index in [1.54, 1.807) is 0 Å². The standard InChI is InChI=1S/C10H6FNO2/c11-7-1-3-8(4-2-7)12-9(13)5-6-10(12)14/h1-6H/i11-1. The van der Waals surface area contributed by atoms with Crippen molar-refractivity contribution in [2.45, 2.75) is 0 Å². The molecule has 1 aromatic rings. The topological polar surface area (TPSA) is 37.4 Å². The van der Waals surface area contributed by atoms with Crippen molar-refractivity contribution in [2.75, 3.05) is 4.90 Å². The predicted octanol–water partition coefficient (Wildman–Crippen LogP) is 1.26. The van der Waals surface area contributed by atoms with Gasteiger partial charge in [-0.25, -0.2) is 9.29 Å². The molecule has 1 aliphatic rings. The second kappa shape index (κ2) is 3.06. The van der Waals surface area contributed by atoms with Crippen LogP contribution >= 0.6 is 0 Å². The Labute approximate surface area is 79.4 Å². The fraction of sp³-hybridized carbons (Fsp3) is 0. The van der Waals surface area contributed by atoms with E-state index >= 15 is 0 Å². The van der Waals surface area contributed by atoms with Crippen molar-refractivity contribution in [2.24, 2.45) is 0 Å². The zero-order chi connectivity index (χ0) is 10.1. The quantitative estimate of drug-likeness (QED) is 0.625. The van der Waals surface area contributed by atoms with Gasteiger partial charge in [0.15, 0.2) is 0 Å². The molecule has 70 valence electrons. The minimum absolute atomic E-state index is 0.381. The molecule has 3 nitrogen and oxygen atoms in total. The number of rotatable bonds is 1. The Hall–Kier alpha value is -1.97. The van der Waals surface area contributed by atoms with Crippen molar-refractivity contribution < 1.29 is 14.0 Å². The average molecular weight is 190 g/mol. The van der Waals surface area contributed by atoms with Gasteiger partial charge in [-0.3, -0.25) is 9.59 Å². The van der Waals surface area contributed by atoms with Gasteiger partial charge < -0.3 is 0 Å². The van der Waals surface area contributed by atoms with Crippen molar-refractivity contribution >= 4 is 17.5 Å². The van der Waals surface area contributed by atoms with Crippen LogP contribution in [0.25, 0.3) is 0 Å². The highest BCUT2D eigenvalue weighted by atomic mass is 18.2. The minimum Gasteiger partial charge on any atom is -0.269 e. The number of halogens is 1. The number of anilines is 1. The second-order valence-electron chi connectivity index (χ2n) is 2.82. The monoisotopic (exact) mass is 190 g/mol. The van der Waals surface area contributed by atoms with Crippen LogP contribution in [-0.2, 0) is 9.59 Å². The molecule has 1 aliphatic heterocycles. The number of carbonyl (C=O) groups is 2. The maximum absolute atomic E-state index is 12.6. The molecule has 1 heterocycles. The Morgan fingerprint density at radius 3 is 1.93 bits per heavy atom. The van der Waals surface area contributed by atoms with Gasteiger partial charge in [-0.15, -0.1) is 0 Å². The van der Waals surface area contributed by atoms with Gasteiger partial charge in [-0.1, -0.05) is 0 Å². The summed E-state index contributed by atoms with van der Waals surface area (Å²) in [6.45, 7) is 0. The van der Waals surface area contributed by atoms with Crippen LogP contribution in [0.5, 0.6) is 0 Å². The lowest BCUT2D eigenvalue weighted by Gasteiger charge is -2.12. The number of nitrogens with zero attached hydrogens (tertiary/aromatic N) is 1. The van der Waals surface area contributed by atoms with Crippen LogP contribution < -0.4 is 4.90 Å². The van der Waals surface area contributed by atoms with Crippen molar-refractivity contribution in [1.82, 2.24) is 0 Å². The minimum atomic E-state index is -0.402. The molecule has 0 aliphatic carbocycles. The van der Waals surface area contributed by atoms with E-state index in [9.17, 15) is 14.0 Å². The second-order valence-corrected chi connectivity index (χ2v) is 2.82. The highest BCUT2D eigenvalue weighted by Gasteiger charge is 2.24.